The van der Waals surface area contributed by atoms with Crippen molar-refractivity contribution in [2.24, 2.45) is 0 Å². The molecule has 0 aromatic heterocycles. The minimum Gasteiger partial charge on any atom is -0.463 e. The number of halogens is 1. The number of ether oxygens (including phenoxy) is 1. The molecule has 0 saturated carbocycles. The van der Waals surface area contributed by atoms with Gasteiger partial charge in [-0.15, -0.1) is 0 Å². The molecule has 1 amide bonds. The zero-order valence-electron chi connectivity index (χ0n) is 13.5. The molecule has 126 valence electrons. The van der Waals surface area contributed by atoms with Crippen LogP contribution in [0.15, 0.2) is 30.3 Å². The van der Waals surface area contributed by atoms with Crippen molar-refractivity contribution < 1.29 is 18.7 Å². The maximum atomic E-state index is 14.5. The average molecular weight is 322 g/mol. The monoisotopic (exact) mass is 322 g/mol. The Morgan fingerprint density at radius 1 is 1.35 bits per heavy atom. The van der Waals surface area contributed by atoms with Gasteiger partial charge in [0.1, 0.15) is 0 Å². The topological polar surface area (TPSA) is 67.4 Å². The van der Waals surface area contributed by atoms with Crippen LogP contribution in [-0.4, -0.2) is 36.7 Å². The molecule has 0 spiro atoms. The summed E-state index contributed by atoms with van der Waals surface area (Å²) < 4.78 is 19.7. The Morgan fingerprint density at radius 3 is 2.61 bits per heavy atom. The lowest BCUT2D eigenvalue weighted by molar-refractivity contribution is -0.148. The van der Waals surface area contributed by atoms with Crippen molar-refractivity contribution >= 4 is 11.9 Å². The van der Waals surface area contributed by atoms with Crippen LogP contribution >= 0.6 is 0 Å². The van der Waals surface area contributed by atoms with Gasteiger partial charge in [0.2, 0.25) is 5.67 Å². The Hall–Kier alpha value is -1.95. The molecular formula is C17H23FN2O3. The normalized spacial score (nSPS) is 21.9. The number of benzene rings is 1. The predicted molar refractivity (Wildman–Crippen MR) is 84.5 cm³/mol. The molecule has 1 aliphatic rings. The van der Waals surface area contributed by atoms with Gasteiger partial charge in [-0.1, -0.05) is 30.3 Å². The lowest BCUT2D eigenvalue weighted by Gasteiger charge is -2.24. The highest BCUT2D eigenvalue weighted by Gasteiger charge is 2.42. The second kappa shape index (κ2) is 7.55. The first-order valence-corrected chi connectivity index (χ1v) is 7.86. The first-order chi connectivity index (χ1) is 10.9. The summed E-state index contributed by atoms with van der Waals surface area (Å²) in [5.41, 5.74) is -1.18. The molecule has 23 heavy (non-hydrogen) atoms. The fourth-order valence-corrected chi connectivity index (χ4v) is 2.56. The van der Waals surface area contributed by atoms with Crippen molar-refractivity contribution in [1.29, 1.82) is 0 Å². The molecule has 0 radical (unpaired) electrons. The highest BCUT2D eigenvalue weighted by molar-refractivity contribution is 5.86. The summed E-state index contributed by atoms with van der Waals surface area (Å²) in [4.78, 5) is 24.2. The van der Waals surface area contributed by atoms with Gasteiger partial charge in [0.05, 0.1) is 18.6 Å². The largest absolute Gasteiger partial charge is 0.463 e. The van der Waals surface area contributed by atoms with Crippen LogP contribution in [0.3, 0.4) is 0 Å². The summed E-state index contributed by atoms with van der Waals surface area (Å²) in [7, 11) is 0. The summed E-state index contributed by atoms with van der Waals surface area (Å²) in [5, 5.41) is 5.51. The van der Waals surface area contributed by atoms with E-state index in [9.17, 15) is 14.0 Å². The van der Waals surface area contributed by atoms with Gasteiger partial charge in [-0.3, -0.25) is 9.59 Å². The molecule has 1 fully saturated rings. The second-order valence-electron chi connectivity index (χ2n) is 6.07. The average Bonchev–Trinajstić information content (AvgIpc) is 2.95. The molecule has 6 heteroatoms. The highest BCUT2D eigenvalue weighted by Crippen LogP contribution is 2.24. The molecule has 2 rings (SSSR count). The van der Waals surface area contributed by atoms with E-state index in [1.807, 2.05) is 18.2 Å². The number of hydrogen-bond acceptors (Lipinski definition) is 4. The van der Waals surface area contributed by atoms with Gasteiger partial charge in [0, 0.05) is 13.0 Å². The van der Waals surface area contributed by atoms with Crippen molar-refractivity contribution in [3.63, 3.8) is 0 Å². The van der Waals surface area contributed by atoms with Crippen LogP contribution < -0.4 is 10.6 Å². The van der Waals surface area contributed by atoms with Gasteiger partial charge in [0.15, 0.2) is 0 Å². The molecule has 1 aromatic rings. The molecular weight excluding hydrogens is 299 g/mol. The molecule has 0 unspecified atom stereocenters. The summed E-state index contributed by atoms with van der Waals surface area (Å²) in [6, 6.07) is 8.45. The molecule has 2 atom stereocenters. The van der Waals surface area contributed by atoms with E-state index in [1.54, 1.807) is 26.0 Å². The van der Waals surface area contributed by atoms with Crippen LogP contribution in [0.5, 0.6) is 0 Å². The van der Waals surface area contributed by atoms with E-state index in [2.05, 4.69) is 10.6 Å². The van der Waals surface area contributed by atoms with Crippen molar-refractivity contribution in [2.75, 3.05) is 13.1 Å². The molecule has 0 aliphatic carbocycles. The Balaban J connectivity index is 2.10. The number of esters is 1. The van der Waals surface area contributed by atoms with Gasteiger partial charge in [-0.25, -0.2) is 4.39 Å². The van der Waals surface area contributed by atoms with Crippen molar-refractivity contribution in [2.45, 2.75) is 44.5 Å². The van der Waals surface area contributed by atoms with Crippen molar-refractivity contribution in [3.05, 3.63) is 35.9 Å². The first kappa shape index (κ1) is 17.4. The third-order valence-corrected chi connectivity index (χ3v) is 3.76. The van der Waals surface area contributed by atoms with Crippen LogP contribution in [-0.2, 0) is 14.3 Å². The number of alkyl halides is 1. The maximum absolute atomic E-state index is 14.5. The second-order valence-corrected chi connectivity index (χ2v) is 6.07. The molecule has 1 heterocycles. The summed E-state index contributed by atoms with van der Waals surface area (Å²) in [6.07, 6.45) is -0.130. The van der Waals surface area contributed by atoms with Crippen LogP contribution in [0.1, 0.15) is 38.3 Å². The fraction of sp³-hybridized carbons (Fsp3) is 0.529. The van der Waals surface area contributed by atoms with Gasteiger partial charge in [-0.2, -0.15) is 0 Å². The summed E-state index contributed by atoms with van der Waals surface area (Å²) in [6.45, 7) is 3.98. The standard InChI is InChI=1S/C17H23FN2O3/c1-12(2)23-15(21)10-14(13-6-4-3-5-7-13)20-16(22)17(18)8-9-19-11-17/h3-7,12,14,19H,8-11H2,1-2H3,(H,20,22)/t14-,17-/m1/s1. The van der Waals surface area contributed by atoms with Gasteiger partial charge in [0.25, 0.3) is 5.91 Å². The van der Waals surface area contributed by atoms with E-state index in [0.29, 0.717) is 6.54 Å². The lowest BCUT2D eigenvalue weighted by atomic mass is 10.00. The molecule has 1 aliphatic heterocycles. The first-order valence-electron chi connectivity index (χ1n) is 7.86. The maximum Gasteiger partial charge on any atom is 0.308 e. The van der Waals surface area contributed by atoms with Gasteiger partial charge in [-0.05, 0) is 26.0 Å². The lowest BCUT2D eigenvalue weighted by Crippen LogP contribution is -2.46. The Labute approximate surface area is 135 Å². The quantitative estimate of drug-likeness (QED) is 0.785. The zero-order valence-corrected chi connectivity index (χ0v) is 13.5. The van der Waals surface area contributed by atoms with Gasteiger partial charge < -0.3 is 15.4 Å². The molecule has 1 aromatic carbocycles. The minimum atomic E-state index is -1.92. The number of amides is 1. The highest BCUT2D eigenvalue weighted by atomic mass is 19.1. The van der Waals surface area contributed by atoms with Crippen LogP contribution in [0.25, 0.3) is 0 Å². The molecule has 0 bridgehead atoms. The zero-order chi connectivity index (χ0) is 16.9. The summed E-state index contributed by atoms with van der Waals surface area (Å²) in [5.74, 6) is -1.11. The van der Waals surface area contributed by atoms with Crippen LogP contribution in [0.4, 0.5) is 4.39 Å². The Bertz CT molecular complexity index is 542. The number of hydrogen-bond donors (Lipinski definition) is 2. The third-order valence-electron chi connectivity index (χ3n) is 3.76. The van der Waals surface area contributed by atoms with Crippen LogP contribution in [0.2, 0.25) is 0 Å². The van der Waals surface area contributed by atoms with Crippen LogP contribution in [0, 0.1) is 0 Å². The van der Waals surface area contributed by atoms with E-state index in [1.165, 1.54) is 0 Å². The van der Waals surface area contributed by atoms with Gasteiger partial charge >= 0.3 is 5.97 Å². The third kappa shape index (κ3) is 4.76. The number of carbonyl (C=O) groups is 2. The number of carbonyl (C=O) groups excluding carboxylic acids is 2. The molecule has 1 saturated heterocycles. The van der Waals surface area contributed by atoms with E-state index in [-0.39, 0.29) is 25.5 Å². The smallest absolute Gasteiger partial charge is 0.308 e. The predicted octanol–water partition coefficient (Wildman–Crippen LogP) is 1.89. The Morgan fingerprint density at radius 2 is 2.04 bits per heavy atom. The number of rotatable bonds is 6. The minimum absolute atomic E-state index is 0.00319. The van der Waals surface area contributed by atoms with E-state index < -0.39 is 23.6 Å². The van der Waals surface area contributed by atoms with Crippen molar-refractivity contribution in [1.82, 2.24) is 10.6 Å². The molecule has 2 N–H and O–H groups in total. The van der Waals surface area contributed by atoms with E-state index in [0.717, 1.165) is 5.56 Å². The van der Waals surface area contributed by atoms with E-state index in [4.69, 9.17) is 4.74 Å². The SMILES string of the molecule is CC(C)OC(=O)C[C@@H](NC(=O)[C@@]1(F)CCNC1)c1ccccc1. The Kier molecular flexibility index (Phi) is 5.71. The fourth-order valence-electron chi connectivity index (χ4n) is 2.56. The molecule has 5 nitrogen and oxygen atoms in total. The van der Waals surface area contributed by atoms with Crippen molar-refractivity contribution in [3.8, 4) is 0 Å². The van der Waals surface area contributed by atoms with E-state index >= 15 is 0 Å². The number of nitrogens with one attached hydrogen (secondary N) is 2. The summed E-state index contributed by atoms with van der Waals surface area (Å²) >= 11 is 0.